The third-order valence-corrected chi connectivity index (χ3v) is 7.87. The summed E-state index contributed by atoms with van der Waals surface area (Å²) in [6, 6.07) is 11.4. The van der Waals surface area contributed by atoms with Gasteiger partial charge in [0.25, 0.3) is 12.0 Å². The first-order valence-electron chi connectivity index (χ1n) is 12.4. The van der Waals surface area contributed by atoms with E-state index in [0.717, 1.165) is 10.9 Å². The number of aromatic amines is 1. The number of alkyl halides is 2. The van der Waals surface area contributed by atoms with Crippen molar-refractivity contribution in [2.45, 2.75) is 30.5 Å². The number of halogens is 2. The minimum absolute atomic E-state index is 0.0340. The summed E-state index contributed by atoms with van der Waals surface area (Å²) in [6.07, 6.45) is -8.56. The highest BCUT2D eigenvalue weighted by molar-refractivity contribution is 7.49. The number of hydrogen-bond acceptors (Lipinski definition) is 13. The molecule has 1 fully saturated rings. The Morgan fingerprint density at radius 1 is 1.05 bits per heavy atom. The van der Waals surface area contributed by atoms with Crippen LogP contribution < -0.4 is 29.8 Å². The van der Waals surface area contributed by atoms with Crippen molar-refractivity contribution in [3.63, 3.8) is 0 Å². The summed E-state index contributed by atoms with van der Waals surface area (Å²) in [7, 11) is -1.93. The Morgan fingerprint density at radius 3 is 2.09 bits per heavy atom. The Bertz CT molecular complexity index is 1630. The van der Waals surface area contributed by atoms with Gasteiger partial charge in [-0.2, -0.15) is 4.98 Å². The molecule has 43 heavy (non-hydrogen) atoms. The summed E-state index contributed by atoms with van der Waals surface area (Å²) in [5.41, 5.74) is 1.47. The fourth-order valence-electron chi connectivity index (χ4n) is 4.31. The Kier molecular flexibility index (Phi) is 8.27. The Hall–Kier alpha value is -4.28. The molecule has 4 atom stereocenters. The summed E-state index contributed by atoms with van der Waals surface area (Å²) in [6.45, 7) is -1.29. The maximum Gasteiger partial charge on any atom is 0.587 e. The highest BCUT2D eigenvalue weighted by Gasteiger charge is 2.62. The monoisotopic (exact) mass is 625 g/mol. The van der Waals surface area contributed by atoms with Crippen molar-refractivity contribution in [3.8, 4) is 23.0 Å². The average Bonchev–Trinajstić information content (AvgIpc) is 3.52. The molecule has 1 saturated heterocycles. The van der Waals surface area contributed by atoms with Crippen LogP contribution >= 0.6 is 7.82 Å². The molecule has 15 nitrogen and oxygen atoms in total. The highest BCUT2D eigenvalue weighted by atomic mass is 31.2. The lowest BCUT2D eigenvalue weighted by atomic mass is 9.96. The van der Waals surface area contributed by atoms with Gasteiger partial charge in [0.05, 0.1) is 27.2 Å². The second kappa shape index (κ2) is 11.8. The molecule has 5 rings (SSSR count). The Labute approximate surface area is 241 Å². The summed E-state index contributed by atoms with van der Waals surface area (Å²) in [4.78, 5) is 22.2. The number of nitrogens with one attached hydrogen (secondary N) is 1. The van der Waals surface area contributed by atoms with Crippen LogP contribution in [0.15, 0.2) is 59.7 Å². The maximum absolute atomic E-state index is 14.7. The van der Waals surface area contributed by atoms with Crippen LogP contribution in [0.1, 0.15) is 6.23 Å². The van der Waals surface area contributed by atoms with E-state index in [2.05, 4.69) is 15.0 Å². The number of phosphoric acid groups is 1. The van der Waals surface area contributed by atoms with Crippen molar-refractivity contribution in [2.75, 3.05) is 26.6 Å². The number of anilines is 1. The predicted octanol–water partition coefficient (Wildman–Crippen LogP) is 2.26. The van der Waals surface area contributed by atoms with Gasteiger partial charge < -0.3 is 39.2 Å². The molecule has 5 N–H and O–H groups in total. The number of methoxy groups -OCH3 is 2. The lowest BCUT2D eigenvalue weighted by Crippen LogP contribution is -2.52. The van der Waals surface area contributed by atoms with Crippen LogP contribution in [0.2, 0.25) is 0 Å². The fraction of sp³-hybridized carbons (Fsp3) is 0.320. The molecular weight excluding hydrogens is 599 g/mol. The van der Waals surface area contributed by atoms with Gasteiger partial charge in [0, 0.05) is 0 Å². The smallest absolute Gasteiger partial charge is 0.497 e. The molecular formula is C25H26F2N5O10P. The number of imidazole rings is 1. The minimum Gasteiger partial charge on any atom is -0.497 e. The molecule has 4 aromatic rings. The van der Waals surface area contributed by atoms with Gasteiger partial charge in [0.2, 0.25) is 5.95 Å². The molecule has 0 unspecified atom stereocenters. The van der Waals surface area contributed by atoms with Gasteiger partial charge in [-0.05, 0) is 48.5 Å². The fourth-order valence-corrected chi connectivity index (χ4v) is 5.57. The van der Waals surface area contributed by atoms with Crippen molar-refractivity contribution in [1.29, 1.82) is 0 Å². The number of nitrogens with two attached hydrogens (primary N) is 1. The zero-order valence-corrected chi connectivity index (χ0v) is 23.4. The second-order valence-electron chi connectivity index (χ2n) is 9.23. The Balaban J connectivity index is 1.46. The van der Waals surface area contributed by atoms with Crippen LogP contribution in [0.4, 0.5) is 14.7 Å². The normalized spacial score (nSPS) is 22.2. The van der Waals surface area contributed by atoms with Crippen LogP contribution in [0.5, 0.6) is 23.0 Å². The van der Waals surface area contributed by atoms with Gasteiger partial charge in [-0.1, -0.05) is 0 Å². The van der Waals surface area contributed by atoms with Crippen LogP contribution in [0.25, 0.3) is 11.2 Å². The van der Waals surface area contributed by atoms with E-state index in [-0.39, 0.29) is 28.6 Å². The van der Waals surface area contributed by atoms with Gasteiger partial charge >= 0.3 is 7.82 Å². The van der Waals surface area contributed by atoms with E-state index in [1.54, 1.807) is 0 Å². The van der Waals surface area contributed by atoms with Crippen molar-refractivity contribution in [2.24, 2.45) is 0 Å². The molecule has 0 saturated carbocycles. The number of nitrogen functional groups attached to an aromatic ring is 1. The lowest BCUT2D eigenvalue weighted by molar-refractivity contribution is -0.192. The van der Waals surface area contributed by atoms with Gasteiger partial charge in [-0.15, -0.1) is 0 Å². The molecule has 0 amide bonds. The van der Waals surface area contributed by atoms with Gasteiger partial charge in [-0.25, -0.2) is 18.3 Å². The van der Waals surface area contributed by atoms with E-state index in [1.807, 2.05) is 0 Å². The average molecular weight is 625 g/mol. The number of H-pyrrole nitrogens is 1. The number of hydrogen-bond donors (Lipinski definition) is 4. The minimum atomic E-state index is -4.80. The summed E-state index contributed by atoms with van der Waals surface area (Å²) in [5.74, 6) is 0.511. The van der Waals surface area contributed by atoms with E-state index >= 15 is 0 Å². The number of benzene rings is 2. The molecule has 1 aliphatic rings. The second-order valence-corrected chi connectivity index (χ2v) is 10.7. The van der Waals surface area contributed by atoms with E-state index in [0.29, 0.717) is 11.5 Å². The molecule has 0 aliphatic carbocycles. The quantitative estimate of drug-likeness (QED) is 0.177. The van der Waals surface area contributed by atoms with Crippen molar-refractivity contribution >= 4 is 24.9 Å². The van der Waals surface area contributed by atoms with Gasteiger partial charge in [0.1, 0.15) is 35.2 Å². The van der Waals surface area contributed by atoms with Crippen LogP contribution in [-0.2, 0) is 13.8 Å². The van der Waals surface area contributed by atoms with Crippen LogP contribution in [-0.4, -0.2) is 74.8 Å². The first kappa shape index (κ1) is 30.2. The molecule has 0 radical (unpaired) electrons. The maximum atomic E-state index is 14.7. The van der Waals surface area contributed by atoms with Gasteiger partial charge in [-0.3, -0.25) is 18.9 Å². The largest absolute Gasteiger partial charge is 0.587 e. The van der Waals surface area contributed by atoms with E-state index in [9.17, 15) is 28.4 Å². The number of nitrogens with zero attached hydrogens (tertiary/aromatic N) is 3. The number of aliphatic hydroxyl groups is 2. The molecule has 230 valence electrons. The van der Waals surface area contributed by atoms with E-state index in [4.69, 9.17) is 33.5 Å². The molecule has 0 spiro atoms. The molecule has 1 aliphatic heterocycles. The summed E-state index contributed by atoms with van der Waals surface area (Å²) in [5, 5.41) is 21.6. The van der Waals surface area contributed by atoms with Gasteiger partial charge in [0.15, 0.2) is 23.0 Å². The summed E-state index contributed by atoms with van der Waals surface area (Å²) < 4.78 is 76.2. The zero-order chi connectivity index (χ0) is 30.9. The molecule has 0 bridgehead atoms. The number of phosphoric ester groups is 1. The van der Waals surface area contributed by atoms with Crippen LogP contribution in [0.3, 0.4) is 0 Å². The van der Waals surface area contributed by atoms with Crippen LogP contribution in [0, 0.1) is 0 Å². The summed E-state index contributed by atoms with van der Waals surface area (Å²) >= 11 is 0. The predicted molar refractivity (Wildman–Crippen MR) is 144 cm³/mol. The molecule has 18 heteroatoms. The number of aliphatic hydroxyl groups excluding tert-OH is 2. The third-order valence-electron chi connectivity index (χ3n) is 6.55. The highest BCUT2D eigenvalue weighted by Crippen LogP contribution is 2.52. The first-order chi connectivity index (χ1) is 20.5. The zero-order valence-electron chi connectivity index (χ0n) is 22.5. The SMILES string of the molecule is COc1ccc(OP(=O)(OC[C@@]2(C(F)F)O[C@@H](n3cnc4c(=O)[nH]c(N)nc43)[C@@H](O)[C@@H]2O)Oc2ccc(OC)cc2)cc1. The van der Waals surface area contributed by atoms with E-state index in [1.165, 1.54) is 62.8 Å². The molecule has 2 aromatic carbocycles. The van der Waals surface area contributed by atoms with E-state index < -0.39 is 50.5 Å². The number of ether oxygens (including phenoxy) is 3. The number of rotatable bonds is 11. The van der Waals surface area contributed by atoms with Crippen molar-refractivity contribution in [3.05, 3.63) is 65.2 Å². The molecule has 2 aromatic heterocycles. The number of fused-ring (bicyclic) bond motifs is 1. The first-order valence-corrected chi connectivity index (χ1v) is 13.9. The van der Waals surface area contributed by atoms with Crippen molar-refractivity contribution < 1.29 is 51.3 Å². The standard InChI is InChI=1S/C25H26F2N5O10P/c1-37-13-3-7-15(8-4-13)41-43(36,42-16-9-5-14(38-2)6-10-16)39-11-25(23(26)27)19(34)18(33)22(40-25)32-12-29-17-20(32)30-24(28)31-21(17)35/h3-10,12,18-19,22-23,33-34H,11H2,1-2H3,(H3,28,30,31,35)/t18-,19-,22+,25+/m0/s1. The van der Waals surface area contributed by atoms with Crippen molar-refractivity contribution in [1.82, 2.24) is 19.5 Å². The number of aromatic nitrogens is 4. The Morgan fingerprint density at radius 2 is 1.58 bits per heavy atom. The topological polar surface area (TPSA) is 202 Å². The lowest BCUT2D eigenvalue weighted by Gasteiger charge is -2.31. The third kappa shape index (κ3) is 5.85. The molecule has 3 heterocycles.